The van der Waals surface area contributed by atoms with E-state index in [4.69, 9.17) is 16.3 Å². The van der Waals surface area contributed by atoms with E-state index in [0.29, 0.717) is 6.54 Å². The number of nitro groups is 1. The molecule has 1 aromatic carbocycles. The molecule has 0 unspecified atom stereocenters. The van der Waals surface area contributed by atoms with Crippen LogP contribution in [0.2, 0.25) is 5.02 Å². The molecule has 0 aliphatic rings. The van der Waals surface area contributed by atoms with Crippen LogP contribution in [-0.2, 0) is 20.9 Å². The molecule has 10 heteroatoms. The van der Waals surface area contributed by atoms with Gasteiger partial charge in [0, 0.05) is 17.8 Å². The summed E-state index contributed by atoms with van der Waals surface area (Å²) >= 11 is 5.93. The first kappa shape index (κ1) is 20.4. The minimum atomic E-state index is -1.09. The summed E-state index contributed by atoms with van der Waals surface area (Å²) in [4.78, 5) is 34.3. The Bertz CT molecular complexity index is 880. The molecule has 1 aromatic heterocycles. The van der Waals surface area contributed by atoms with Gasteiger partial charge in [0.15, 0.2) is 6.10 Å². The van der Waals surface area contributed by atoms with Gasteiger partial charge in [0.05, 0.1) is 34.3 Å². The van der Waals surface area contributed by atoms with Crippen molar-refractivity contribution >= 4 is 34.9 Å². The monoisotopic (exact) mass is 394 g/mol. The van der Waals surface area contributed by atoms with Crippen LogP contribution in [0.1, 0.15) is 24.7 Å². The average molecular weight is 395 g/mol. The maximum atomic E-state index is 12.2. The number of esters is 1. The Morgan fingerprint density at radius 3 is 2.67 bits per heavy atom. The molecule has 0 aliphatic heterocycles. The van der Waals surface area contributed by atoms with E-state index in [0.717, 1.165) is 17.5 Å². The Hall–Kier alpha value is -2.94. The van der Waals surface area contributed by atoms with Crippen LogP contribution in [0.3, 0.4) is 0 Å². The van der Waals surface area contributed by atoms with Crippen molar-refractivity contribution in [1.29, 1.82) is 0 Å². The number of carbonyl (C=O) groups excluding carboxylic acids is 2. The zero-order valence-corrected chi connectivity index (χ0v) is 15.8. The molecular formula is C17H19ClN4O5. The molecule has 0 bridgehead atoms. The van der Waals surface area contributed by atoms with E-state index in [2.05, 4.69) is 10.4 Å². The molecule has 2 aromatic rings. The third-order valence-electron chi connectivity index (χ3n) is 3.73. The van der Waals surface area contributed by atoms with Crippen molar-refractivity contribution in [2.75, 3.05) is 5.32 Å². The van der Waals surface area contributed by atoms with Gasteiger partial charge in [-0.1, -0.05) is 11.6 Å². The summed E-state index contributed by atoms with van der Waals surface area (Å²) in [6.45, 7) is 5.48. The lowest BCUT2D eigenvalue weighted by Gasteiger charge is -2.14. The van der Waals surface area contributed by atoms with E-state index >= 15 is 0 Å². The number of ether oxygens (including phenoxy) is 1. The number of nitrogens with one attached hydrogen (secondary N) is 1. The fourth-order valence-corrected chi connectivity index (χ4v) is 2.53. The van der Waals surface area contributed by atoms with Gasteiger partial charge in [-0.25, -0.2) is 0 Å². The van der Waals surface area contributed by atoms with E-state index in [1.54, 1.807) is 4.68 Å². The van der Waals surface area contributed by atoms with Crippen molar-refractivity contribution in [2.24, 2.45) is 0 Å². The number of benzene rings is 1. The van der Waals surface area contributed by atoms with Crippen molar-refractivity contribution in [3.63, 3.8) is 0 Å². The van der Waals surface area contributed by atoms with Gasteiger partial charge in [-0.3, -0.25) is 24.4 Å². The summed E-state index contributed by atoms with van der Waals surface area (Å²) in [5, 5.41) is 17.6. The van der Waals surface area contributed by atoms with Gasteiger partial charge in [0.2, 0.25) is 0 Å². The minimum absolute atomic E-state index is 0.0527. The van der Waals surface area contributed by atoms with E-state index in [1.807, 2.05) is 19.9 Å². The van der Waals surface area contributed by atoms with E-state index in [-0.39, 0.29) is 22.8 Å². The second-order valence-corrected chi connectivity index (χ2v) is 6.35. The van der Waals surface area contributed by atoms with Crippen LogP contribution >= 0.6 is 11.6 Å². The van der Waals surface area contributed by atoms with Crippen molar-refractivity contribution in [3.8, 4) is 0 Å². The number of nitro benzene ring substituents is 1. The lowest BCUT2D eigenvalue weighted by atomic mass is 10.2. The SMILES string of the molecule is Cc1cc(C)n(CCC(=O)O[C@H](C)C(=O)Nc2cc([N+](=O)[O-])ccc2Cl)n1. The number of rotatable bonds is 7. The predicted octanol–water partition coefficient (Wildman–Crippen LogP) is 3.02. The van der Waals surface area contributed by atoms with Crippen LogP contribution in [0, 0.1) is 24.0 Å². The third-order valence-corrected chi connectivity index (χ3v) is 4.06. The number of non-ortho nitro benzene ring substituents is 1. The fourth-order valence-electron chi connectivity index (χ4n) is 2.37. The maximum Gasteiger partial charge on any atom is 0.308 e. The van der Waals surface area contributed by atoms with Crippen molar-refractivity contribution in [1.82, 2.24) is 9.78 Å². The van der Waals surface area contributed by atoms with E-state index < -0.39 is 22.9 Å². The largest absolute Gasteiger partial charge is 0.452 e. The van der Waals surface area contributed by atoms with Gasteiger partial charge in [0.1, 0.15) is 0 Å². The van der Waals surface area contributed by atoms with Crippen LogP contribution in [0.4, 0.5) is 11.4 Å². The molecule has 1 N–H and O–H groups in total. The molecule has 0 saturated carbocycles. The highest BCUT2D eigenvalue weighted by molar-refractivity contribution is 6.33. The Balaban J connectivity index is 1.91. The normalized spacial score (nSPS) is 11.7. The maximum absolute atomic E-state index is 12.2. The molecule has 1 atom stereocenters. The molecule has 9 nitrogen and oxygen atoms in total. The molecular weight excluding hydrogens is 376 g/mol. The molecule has 2 rings (SSSR count). The second-order valence-electron chi connectivity index (χ2n) is 5.94. The Kier molecular flexibility index (Phi) is 6.51. The highest BCUT2D eigenvalue weighted by Crippen LogP contribution is 2.26. The number of amides is 1. The van der Waals surface area contributed by atoms with Crippen LogP contribution in [-0.4, -0.2) is 32.7 Å². The molecule has 0 fully saturated rings. The molecule has 0 aliphatic carbocycles. The van der Waals surface area contributed by atoms with Crippen LogP contribution < -0.4 is 5.32 Å². The summed E-state index contributed by atoms with van der Waals surface area (Å²) in [5.41, 5.74) is 1.62. The predicted molar refractivity (Wildman–Crippen MR) is 98.6 cm³/mol. The van der Waals surface area contributed by atoms with Crippen LogP contribution in [0.15, 0.2) is 24.3 Å². The zero-order chi connectivity index (χ0) is 20.1. The van der Waals surface area contributed by atoms with Crippen molar-refractivity contribution in [3.05, 3.63) is 50.8 Å². The van der Waals surface area contributed by atoms with E-state index in [1.165, 1.54) is 19.1 Å². The number of nitrogens with zero attached hydrogens (tertiary/aromatic N) is 3. The summed E-state index contributed by atoms with van der Waals surface area (Å²) in [5.74, 6) is -1.20. The first-order chi connectivity index (χ1) is 12.7. The smallest absolute Gasteiger partial charge is 0.308 e. The van der Waals surface area contributed by atoms with Crippen LogP contribution in [0.5, 0.6) is 0 Å². The lowest BCUT2D eigenvalue weighted by Crippen LogP contribution is -2.30. The van der Waals surface area contributed by atoms with Gasteiger partial charge in [0.25, 0.3) is 11.6 Å². The summed E-state index contributed by atoms with van der Waals surface area (Å²) < 4.78 is 6.79. The van der Waals surface area contributed by atoms with E-state index in [9.17, 15) is 19.7 Å². The molecule has 0 saturated heterocycles. The summed E-state index contributed by atoms with van der Waals surface area (Å²) in [6, 6.07) is 5.56. The number of hydrogen-bond acceptors (Lipinski definition) is 6. The molecule has 144 valence electrons. The third kappa shape index (κ3) is 5.52. The Morgan fingerprint density at radius 1 is 1.37 bits per heavy atom. The number of hydrogen-bond donors (Lipinski definition) is 1. The number of anilines is 1. The van der Waals surface area contributed by atoms with Crippen molar-refractivity contribution in [2.45, 2.75) is 39.8 Å². The molecule has 27 heavy (non-hydrogen) atoms. The Morgan fingerprint density at radius 2 is 2.07 bits per heavy atom. The Labute approximate surface area is 160 Å². The number of halogens is 1. The number of carbonyl (C=O) groups is 2. The average Bonchev–Trinajstić information content (AvgIpc) is 2.92. The highest BCUT2D eigenvalue weighted by atomic mass is 35.5. The van der Waals surface area contributed by atoms with Gasteiger partial charge < -0.3 is 10.1 Å². The molecule has 1 amide bonds. The standard InChI is InChI=1S/C17H19ClN4O5/c1-10-8-11(2)21(20-10)7-6-16(23)27-12(3)17(24)19-15-9-13(22(25)26)4-5-14(15)18/h4-5,8-9,12H,6-7H2,1-3H3,(H,19,24)/t12-/m1/s1. The second kappa shape index (κ2) is 8.63. The highest BCUT2D eigenvalue weighted by Gasteiger charge is 2.20. The zero-order valence-electron chi connectivity index (χ0n) is 15.1. The molecule has 0 radical (unpaired) electrons. The molecule has 0 spiro atoms. The van der Waals surface area contributed by atoms with Gasteiger partial charge in [-0.2, -0.15) is 5.10 Å². The number of aromatic nitrogens is 2. The topological polar surface area (TPSA) is 116 Å². The fraction of sp³-hybridized carbons (Fsp3) is 0.353. The van der Waals surface area contributed by atoms with Crippen molar-refractivity contribution < 1.29 is 19.2 Å². The summed E-state index contributed by atoms with van der Waals surface area (Å²) in [7, 11) is 0. The minimum Gasteiger partial charge on any atom is -0.452 e. The first-order valence-corrected chi connectivity index (χ1v) is 8.50. The summed E-state index contributed by atoms with van der Waals surface area (Å²) in [6.07, 6.45) is -1.04. The quantitative estimate of drug-likeness (QED) is 0.438. The first-order valence-electron chi connectivity index (χ1n) is 8.12. The van der Waals surface area contributed by atoms with Gasteiger partial charge >= 0.3 is 5.97 Å². The van der Waals surface area contributed by atoms with Crippen LogP contribution in [0.25, 0.3) is 0 Å². The number of aryl methyl sites for hydroxylation is 3. The van der Waals surface area contributed by atoms with Gasteiger partial charge in [-0.15, -0.1) is 0 Å². The van der Waals surface area contributed by atoms with Gasteiger partial charge in [-0.05, 0) is 32.9 Å². The molecule has 1 heterocycles. The lowest BCUT2D eigenvalue weighted by molar-refractivity contribution is -0.384.